The number of halogens is 1. The van der Waals surface area contributed by atoms with Crippen molar-refractivity contribution < 1.29 is 17.9 Å². The summed E-state index contributed by atoms with van der Waals surface area (Å²) in [5, 5.41) is 0.582. The number of hydrogen-bond donors (Lipinski definition) is 1. The normalized spacial score (nSPS) is 18.5. The lowest BCUT2D eigenvalue weighted by Crippen LogP contribution is -2.38. The van der Waals surface area contributed by atoms with Gasteiger partial charge in [0.15, 0.2) is 0 Å². The number of nitrogens with zero attached hydrogens (tertiary/aromatic N) is 1. The number of rotatable bonds is 6. The van der Waals surface area contributed by atoms with Gasteiger partial charge in [-0.1, -0.05) is 17.7 Å². The van der Waals surface area contributed by atoms with Gasteiger partial charge < -0.3 is 9.64 Å². The molecular weight excluding hydrogens is 328 g/mol. The average molecular weight is 347 g/mol. The van der Waals surface area contributed by atoms with Crippen molar-refractivity contribution in [3.63, 3.8) is 0 Å². The largest absolute Gasteiger partial charge is 0.493 e. The van der Waals surface area contributed by atoms with Crippen molar-refractivity contribution in [2.45, 2.75) is 18.9 Å². The summed E-state index contributed by atoms with van der Waals surface area (Å²) in [5.41, 5.74) is 0. The van der Waals surface area contributed by atoms with Gasteiger partial charge in [-0.05, 0) is 24.6 Å². The maximum absolute atomic E-state index is 12.1. The lowest BCUT2D eigenvalue weighted by atomic mass is 10.3. The van der Waals surface area contributed by atoms with Crippen molar-refractivity contribution in [1.29, 1.82) is 0 Å². The van der Waals surface area contributed by atoms with E-state index in [1.54, 1.807) is 29.2 Å². The number of hydrogen-bond acceptors (Lipinski definition) is 4. The number of nitrogens with one attached hydrogen (secondary N) is 1. The van der Waals surface area contributed by atoms with Gasteiger partial charge in [-0.15, -0.1) is 0 Å². The maximum Gasteiger partial charge on any atom is 0.226 e. The molecule has 0 saturated carbocycles. The van der Waals surface area contributed by atoms with Gasteiger partial charge in [-0.3, -0.25) is 4.79 Å². The van der Waals surface area contributed by atoms with E-state index < -0.39 is 10.0 Å². The third-order valence-corrected chi connectivity index (χ3v) is 4.30. The molecule has 0 aliphatic carbocycles. The Balaban J connectivity index is 1.74. The van der Waals surface area contributed by atoms with E-state index in [-0.39, 0.29) is 25.0 Å². The fourth-order valence-corrected chi connectivity index (χ4v) is 3.33. The van der Waals surface area contributed by atoms with Gasteiger partial charge in [-0.25, -0.2) is 13.1 Å². The van der Waals surface area contributed by atoms with E-state index in [1.165, 1.54) is 0 Å². The summed E-state index contributed by atoms with van der Waals surface area (Å²) < 4.78 is 30.4. The molecule has 1 atom stereocenters. The molecule has 1 heterocycles. The summed E-state index contributed by atoms with van der Waals surface area (Å²) in [7, 11) is -3.24. The van der Waals surface area contributed by atoms with Crippen LogP contribution in [0, 0.1) is 0 Å². The van der Waals surface area contributed by atoms with Crippen LogP contribution >= 0.6 is 11.6 Å². The van der Waals surface area contributed by atoms with E-state index in [1.807, 2.05) is 0 Å². The van der Waals surface area contributed by atoms with Gasteiger partial charge in [0.05, 0.1) is 19.3 Å². The summed E-state index contributed by atoms with van der Waals surface area (Å²) in [4.78, 5) is 13.7. The summed E-state index contributed by atoms with van der Waals surface area (Å²) in [6, 6.07) is 6.79. The molecule has 1 fully saturated rings. The van der Waals surface area contributed by atoms with Gasteiger partial charge >= 0.3 is 0 Å². The first-order valence-electron chi connectivity index (χ1n) is 6.97. The number of carbonyl (C=O) groups is 1. The van der Waals surface area contributed by atoms with Crippen molar-refractivity contribution in [2.24, 2.45) is 0 Å². The SMILES string of the molecule is CS(=O)(=O)N[C@@H]1CCN(C(=O)CCOc2cccc(Cl)c2)C1. The Morgan fingerprint density at radius 1 is 1.50 bits per heavy atom. The van der Waals surface area contributed by atoms with Crippen LogP contribution in [0.3, 0.4) is 0 Å². The van der Waals surface area contributed by atoms with E-state index in [9.17, 15) is 13.2 Å². The summed E-state index contributed by atoms with van der Waals surface area (Å²) in [5.74, 6) is 0.582. The highest BCUT2D eigenvalue weighted by Gasteiger charge is 2.27. The lowest BCUT2D eigenvalue weighted by molar-refractivity contribution is -0.130. The highest BCUT2D eigenvalue weighted by atomic mass is 35.5. The standard InChI is InChI=1S/C14H19ClN2O4S/c1-22(19,20)16-12-5-7-17(10-12)14(18)6-8-21-13-4-2-3-11(15)9-13/h2-4,9,12,16H,5-8,10H2,1H3/t12-/m1/s1. The number of carbonyl (C=O) groups excluding carboxylic acids is 1. The second kappa shape index (κ2) is 7.30. The first kappa shape index (κ1) is 17.1. The van der Waals surface area contributed by atoms with Gasteiger partial charge in [0, 0.05) is 24.2 Å². The maximum atomic E-state index is 12.1. The molecule has 1 aromatic carbocycles. The van der Waals surface area contributed by atoms with Gasteiger partial charge in [0.2, 0.25) is 15.9 Å². The van der Waals surface area contributed by atoms with Crippen LogP contribution in [0.1, 0.15) is 12.8 Å². The summed E-state index contributed by atoms with van der Waals surface area (Å²) >= 11 is 5.85. The third kappa shape index (κ3) is 5.47. The molecule has 6 nitrogen and oxygen atoms in total. The molecule has 1 aliphatic rings. The minimum absolute atomic E-state index is 0.0418. The van der Waals surface area contributed by atoms with Crippen molar-refractivity contribution in [3.8, 4) is 5.75 Å². The first-order chi connectivity index (χ1) is 10.3. The van der Waals surface area contributed by atoms with Crippen molar-refractivity contribution in [1.82, 2.24) is 9.62 Å². The molecule has 0 spiro atoms. The number of benzene rings is 1. The van der Waals surface area contributed by atoms with Crippen LogP contribution in [0.25, 0.3) is 0 Å². The molecular formula is C14H19ClN2O4S. The molecule has 1 N–H and O–H groups in total. The quantitative estimate of drug-likeness (QED) is 0.841. The first-order valence-corrected chi connectivity index (χ1v) is 9.24. The molecule has 22 heavy (non-hydrogen) atoms. The third-order valence-electron chi connectivity index (χ3n) is 3.30. The zero-order chi connectivity index (χ0) is 16.2. The van der Waals surface area contributed by atoms with Crippen LogP contribution in [0.4, 0.5) is 0 Å². The number of ether oxygens (including phenoxy) is 1. The predicted octanol–water partition coefficient (Wildman–Crippen LogP) is 1.26. The number of likely N-dealkylation sites (tertiary alicyclic amines) is 1. The Kier molecular flexibility index (Phi) is 5.66. The summed E-state index contributed by atoms with van der Waals surface area (Å²) in [6.07, 6.45) is 2.00. The van der Waals surface area contributed by atoms with Crippen LogP contribution < -0.4 is 9.46 Å². The fourth-order valence-electron chi connectivity index (χ4n) is 2.36. The van der Waals surface area contributed by atoms with E-state index in [0.717, 1.165) is 6.26 Å². The second-order valence-electron chi connectivity index (χ2n) is 5.27. The Labute approximate surface area is 135 Å². The highest BCUT2D eigenvalue weighted by Crippen LogP contribution is 2.17. The minimum Gasteiger partial charge on any atom is -0.493 e. The zero-order valence-corrected chi connectivity index (χ0v) is 13.9. The smallest absolute Gasteiger partial charge is 0.226 e. The van der Waals surface area contributed by atoms with Gasteiger partial charge in [-0.2, -0.15) is 0 Å². The molecule has 2 rings (SSSR count). The molecule has 8 heteroatoms. The molecule has 1 aromatic rings. The van der Waals surface area contributed by atoms with Crippen molar-refractivity contribution >= 4 is 27.5 Å². The Bertz CT molecular complexity index is 635. The van der Waals surface area contributed by atoms with Crippen molar-refractivity contribution in [2.75, 3.05) is 26.0 Å². The Morgan fingerprint density at radius 2 is 2.27 bits per heavy atom. The van der Waals surface area contributed by atoms with Crippen LogP contribution in [-0.4, -0.2) is 51.2 Å². The molecule has 1 amide bonds. The van der Waals surface area contributed by atoms with E-state index in [2.05, 4.69) is 4.72 Å². The lowest BCUT2D eigenvalue weighted by Gasteiger charge is -2.17. The molecule has 0 aromatic heterocycles. The molecule has 0 bridgehead atoms. The van der Waals surface area contributed by atoms with Crippen LogP contribution in [0.2, 0.25) is 5.02 Å². The minimum atomic E-state index is -3.24. The Hall–Kier alpha value is -1.31. The molecule has 1 aliphatic heterocycles. The number of sulfonamides is 1. The van der Waals surface area contributed by atoms with Gasteiger partial charge in [0.1, 0.15) is 5.75 Å². The van der Waals surface area contributed by atoms with Gasteiger partial charge in [0.25, 0.3) is 0 Å². The highest BCUT2D eigenvalue weighted by molar-refractivity contribution is 7.88. The van der Waals surface area contributed by atoms with Crippen molar-refractivity contribution in [3.05, 3.63) is 29.3 Å². The van der Waals surface area contributed by atoms with Crippen LogP contribution in [-0.2, 0) is 14.8 Å². The Morgan fingerprint density at radius 3 is 2.95 bits per heavy atom. The molecule has 0 unspecified atom stereocenters. The monoisotopic (exact) mass is 346 g/mol. The molecule has 122 valence electrons. The average Bonchev–Trinajstić information content (AvgIpc) is 2.85. The predicted molar refractivity (Wildman–Crippen MR) is 84.5 cm³/mol. The fraction of sp³-hybridized carbons (Fsp3) is 0.500. The van der Waals surface area contributed by atoms with Crippen LogP contribution in [0.15, 0.2) is 24.3 Å². The zero-order valence-electron chi connectivity index (χ0n) is 12.3. The molecule has 1 saturated heterocycles. The second-order valence-corrected chi connectivity index (χ2v) is 7.49. The van der Waals surface area contributed by atoms with E-state index in [4.69, 9.17) is 16.3 Å². The van der Waals surface area contributed by atoms with E-state index >= 15 is 0 Å². The van der Waals surface area contributed by atoms with Crippen LogP contribution in [0.5, 0.6) is 5.75 Å². The van der Waals surface area contributed by atoms with E-state index in [0.29, 0.717) is 30.3 Å². The topological polar surface area (TPSA) is 75.7 Å². The molecule has 0 radical (unpaired) electrons. The summed E-state index contributed by atoms with van der Waals surface area (Å²) in [6.45, 7) is 1.23. The number of amides is 1.